The van der Waals surface area contributed by atoms with Crippen LogP contribution in [0, 0.1) is 0 Å². The molecule has 0 atom stereocenters. The number of anilines is 1. The summed E-state index contributed by atoms with van der Waals surface area (Å²) in [6.07, 6.45) is 0. The highest BCUT2D eigenvalue weighted by atomic mass is 35.5. The van der Waals surface area contributed by atoms with Crippen molar-refractivity contribution in [1.29, 1.82) is 0 Å². The van der Waals surface area contributed by atoms with Crippen molar-refractivity contribution >= 4 is 38.9 Å². The fourth-order valence-corrected chi connectivity index (χ4v) is 2.28. The number of nitrogens with two attached hydrogens (primary N) is 1. The highest BCUT2D eigenvalue weighted by molar-refractivity contribution is 7.89. The van der Waals surface area contributed by atoms with E-state index in [-0.39, 0.29) is 20.6 Å². The van der Waals surface area contributed by atoms with Crippen LogP contribution in [-0.4, -0.2) is 15.5 Å². The minimum Gasteiger partial charge on any atom is -0.398 e. The first-order valence-electron chi connectivity index (χ1n) is 3.68. The van der Waals surface area contributed by atoms with Gasteiger partial charge in [-0.2, -0.15) is 0 Å². The Kier molecular flexibility index (Phi) is 3.80. The lowest BCUT2D eigenvalue weighted by atomic mass is 10.3. The van der Waals surface area contributed by atoms with Crippen LogP contribution in [0.5, 0.6) is 0 Å². The Bertz CT molecular complexity index is 475. The number of nitrogen functional groups attached to an aromatic ring is 1. The van der Waals surface area contributed by atoms with Gasteiger partial charge in [0.05, 0.1) is 22.8 Å². The van der Waals surface area contributed by atoms with Crippen molar-refractivity contribution in [3.63, 3.8) is 0 Å². The maximum absolute atomic E-state index is 11.5. The lowest BCUT2D eigenvalue weighted by molar-refractivity contribution is 0.153. The summed E-state index contributed by atoms with van der Waals surface area (Å²) in [4.78, 5) is 5.95. The number of hydrogen-bond acceptors (Lipinski definition) is 4. The Labute approximate surface area is 97.1 Å². The molecule has 0 saturated carbocycles. The lowest BCUT2D eigenvalue weighted by Gasteiger charge is -2.08. The van der Waals surface area contributed by atoms with Gasteiger partial charge in [-0.15, -0.1) is 0 Å². The molecule has 0 unspecified atom stereocenters. The topological polar surface area (TPSA) is 81.4 Å². The van der Waals surface area contributed by atoms with E-state index in [9.17, 15) is 8.42 Å². The summed E-state index contributed by atoms with van der Waals surface area (Å²) >= 11 is 11.3. The fraction of sp³-hybridized carbons (Fsp3) is 0.143. The van der Waals surface area contributed by atoms with E-state index in [2.05, 4.69) is 4.84 Å². The predicted molar refractivity (Wildman–Crippen MR) is 58.2 cm³/mol. The maximum Gasteiger partial charge on any atom is 0.264 e. The van der Waals surface area contributed by atoms with Crippen LogP contribution in [0.3, 0.4) is 0 Å². The molecule has 84 valence electrons. The van der Waals surface area contributed by atoms with E-state index in [1.54, 1.807) is 0 Å². The van der Waals surface area contributed by atoms with E-state index >= 15 is 0 Å². The summed E-state index contributed by atoms with van der Waals surface area (Å²) in [5.74, 6) is 0. The minimum absolute atomic E-state index is 0.00560. The second-order valence-corrected chi connectivity index (χ2v) is 5.02. The number of hydrogen-bond donors (Lipinski definition) is 2. The molecular formula is C7H8Cl2N2O3S. The van der Waals surface area contributed by atoms with Crippen molar-refractivity contribution < 1.29 is 13.3 Å². The lowest BCUT2D eigenvalue weighted by Crippen LogP contribution is -2.23. The molecule has 0 heterocycles. The number of rotatable bonds is 3. The van der Waals surface area contributed by atoms with Gasteiger partial charge < -0.3 is 5.73 Å². The summed E-state index contributed by atoms with van der Waals surface area (Å²) in [5.41, 5.74) is 5.48. The van der Waals surface area contributed by atoms with Crippen molar-refractivity contribution in [3.05, 3.63) is 22.2 Å². The second kappa shape index (κ2) is 4.54. The van der Waals surface area contributed by atoms with Crippen molar-refractivity contribution in [2.45, 2.75) is 4.90 Å². The maximum atomic E-state index is 11.5. The van der Waals surface area contributed by atoms with Gasteiger partial charge in [-0.3, -0.25) is 4.84 Å². The van der Waals surface area contributed by atoms with Gasteiger partial charge in [0, 0.05) is 0 Å². The third kappa shape index (κ3) is 2.73. The smallest absolute Gasteiger partial charge is 0.264 e. The molecule has 0 aliphatic carbocycles. The van der Waals surface area contributed by atoms with Crippen LogP contribution >= 0.6 is 23.2 Å². The van der Waals surface area contributed by atoms with Crippen molar-refractivity contribution in [2.24, 2.45) is 0 Å². The van der Waals surface area contributed by atoms with Gasteiger partial charge in [0.2, 0.25) is 0 Å². The van der Waals surface area contributed by atoms with Gasteiger partial charge in [0.1, 0.15) is 4.90 Å². The van der Waals surface area contributed by atoms with Crippen LogP contribution < -0.4 is 10.6 Å². The van der Waals surface area contributed by atoms with Crippen LogP contribution in [0.15, 0.2) is 17.0 Å². The molecule has 0 aliphatic rings. The average molecular weight is 271 g/mol. The molecule has 0 radical (unpaired) electrons. The highest BCUT2D eigenvalue weighted by Crippen LogP contribution is 2.29. The normalized spacial score (nSPS) is 11.7. The van der Waals surface area contributed by atoms with Crippen LogP contribution in [0.25, 0.3) is 0 Å². The SMILES string of the molecule is CONS(=O)(=O)c1cc(Cl)c(Cl)cc1N. The summed E-state index contributed by atoms with van der Waals surface area (Å²) < 4.78 is 23.0. The zero-order chi connectivity index (χ0) is 11.6. The van der Waals surface area contributed by atoms with Gasteiger partial charge in [0.15, 0.2) is 0 Å². The van der Waals surface area contributed by atoms with Crippen LogP contribution in [0.2, 0.25) is 10.0 Å². The fourth-order valence-electron chi connectivity index (χ4n) is 0.931. The van der Waals surface area contributed by atoms with Crippen molar-refractivity contribution in [1.82, 2.24) is 4.89 Å². The zero-order valence-corrected chi connectivity index (χ0v) is 9.95. The van der Waals surface area contributed by atoms with Crippen molar-refractivity contribution in [2.75, 3.05) is 12.8 Å². The summed E-state index contributed by atoms with van der Waals surface area (Å²) in [6, 6.07) is 2.41. The number of nitrogens with one attached hydrogen (secondary N) is 1. The van der Waals surface area contributed by atoms with Crippen LogP contribution in [0.1, 0.15) is 0 Å². The summed E-state index contributed by atoms with van der Waals surface area (Å²) in [7, 11) is -2.65. The molecule has 8 heteroatoms. The minimum atomic E-state index is -3.82. The first-order chi connectivity index (χ1) is 6.88. The van der Waals surface area contributed by atoms with E-state index in [1.165, 1.54) is 13.2 Å². The molecule has 0 bridgehead atoms. The largest absolute Gasteiger partial charge is 0.398 e. The molecule has 1 aromatic rings. The van der Waals surface area contributed by atoms with Gasteiger partial charge in [0.25, 0.3) is 10.0 Å². The first kappa shape index (κ1) is 12.5. The van der Waals surface area contributed by atoms with E-state index in [4.69, 9.17) is 28.9 Å². The van der Waals surface area contributed by atoms with E-state index in [0.717, 1.165) is 6.07 Å². The molecule has 0 spiro atoms. The van der Waals surface area contributed by atoms with Crippen LogP contribution in [0.4, 0.5) is 5.69 Å². The Balaban J connectivity index is 3.33. The number of halogens is 2. The Hall–Kier alpha value is -0.530. The monoisotopic (exact) mass is 270 g/mol. The second-order valence-electron chi connectivity index (χ2n) is 2.60. The molecule has 0 aromatic heterocycles. The number of benzene rings is 1. The zero-order valence-electron chi connectivity index (χ0n) is 7.62. The Morgan fingerprint density at radius 3 is 2.40 bits per heavy atom. The Morgan fingerprint density at radius 1 is 1.33 bits per heavy atom. The van der Waals surface area contributed by atoms with Crippen molar-refractivity contribution in [3.8, 4) is 0 Å². The quantitative estimate of drug-likeness (QED) is 0.643. The summed E-state index contributed by atoms with van der Waals surface area (Å²) in [6.45, 7) is 0. The molecular weight excluding hydrogens is 263 g/mol. The molecule has 0 saturated heterocycles. The molecule has 1 aromatic carbocycles. The third-order valence-electron chi connectivity index (χ3n) is 1.54. The predicted octanol–water partition coefficient (Wildman–Crippen LogP) is 1.42. The molecule has 15 heavy (non-hydrogen) atoms. The molecule has 5 nitrogen and oxygen atoms in total. The Morgan fingerprint density at radius 2 is 1.87 bits per heavy atom. The van der Waals surface area contributed by atoms with E-state index in [1.807, 2.05) is 4.89 Å². The molecule has 0 amide bonds. The first-order valence-corrected chi connectivity index (χ1v) is 5.91. The number of sulfonamides is 1. The van der Waals surface area contributed by atoms with Gasteiger partial charge in [-0.1, -0.05) is 28.1 Å². The standard InChI is InChI=1S/C7H8Cl2N2O3S/c1-14-11-15(12,13)7-3-5(9)4(8)2-6(7)10/h2-3,11H,10H2,1H3. The van der Waals surface area contributed by atoms with Crippen LogP contribution in [-0.2, 0) is 14.9 Å². The molecule has 0 fully saturated rings. The molecule has 1 rings (SSSR count). The van der Waals surface area contributed by atoms with Gasteiger partial charge >= 0.3 is 0 Å². The van der Waals surface area contributed by atoms with Gasteiger partial charge in [-0.05, 0) is 12.1 Å². The van der Waals surface area contributed by atoms with Gasteiger partial charge in [-0.25, -0.2) is 8.42 Å². The average Bonchev–Trinajstić information content (AvgIpc) is 2.11. The van der Waals surface area contributed by atoms with E-state index in [0.29, 0.717) is 0 Å². The third-order valence-corrected chi connectivity index (χ3v) is 3.58. The highest BCUT2D eigenvalue weighted by Gasteiger charge is 2.18. The summed E-state index contributed by atoms with van der Waals surface area (Å²) in [5, 5.41) is 0.285. The van der Waals surface area contributed by atoms with E-state index < -0.39 is 10.0 Å². The molecule has 3 N–H and O–H groups in total. The molecule has 0 aliphatic heterocycles.